The molecule has 0 aliphatic heterocycles. The van der Waals surface area contributed by atoms with Gasteiger partial charge in [0, 0.05) is 12.7 Å². The van der Waals surface area contributed by atoms with Crippen molar-refractivity contribution in [3.8, 4) is 0 Å². The number of nitrogens with two attached hydrogens (primary N) is 1. The van der Waals surface area contributed by atoms with E-state index in [9.17, 15) is 4.79 Å². The summed E-state index contributed by atoms with van der Waals surface area (Å²) in [6.07, 6.45) is 1.72. The lowest BCUT2D eigenvalue weighted by Gasteiger charge is -2.09. The molecule has 2 aromatic rings. The van der Waals surface area contributed by atoms with Crippen LogP contribution in [0.15, 0.2) is 16.7 Å². The van der Waals surface area contributed by atoms with Crippen LogP contribution < -0.4 is 5.73 Å². The summed E-state index contributed by atoms with van der Waals surface area (Å²) in [7, 11) is 1.35. The number of nitrogens with zero attached hydrogens (tertiary/aromatic N) is 3. The second kappa shape index (κ2) is 5.70. The molecule has 0 spiro atoms. The minimum Gasteiger partial charge on any atom is -0.464 e. The Kier molecular flexibility index (Phi) is 4.17. The molecule has 0 bridgehead atoms. The molecular weight excluding hydrogens is 324 g/mol. The number of nitrogen functional groups attached to an aromatic ring is 1. The van der Waals surface area contributed by atoms with E-state index in [2.05, 4.69) is 21.0 Å². The van der Waals surface area contributed by atoms with Gasteiger partial charge in [0.15, 0.2) is 0 Å². The number of aryl methyl sites for hydroxylation is 2. The van der Waals surface area contributed by atoms with Crippen molar-refractivity contribution in [2.75, 3.05) is 12.8 Å². The summed E-state index contributed by atoms with van der Waals surface area (Å²) < 4.78 is 9.39. The Morgan fingerprint density at radius 3 is 2.85 bits per heavy atom. The molecule has 6 nitrogen and oxygen atoms in total. The van der Waals surface area contributed by atoms with Gasteiger partial charge in [0.05, 0.1) is 35.2 Å². The second-order valence-electron chi connectivity index (χ2n) is 4.44. The van der Waals surface area contributed by atoms with Crippen LogP contribution in [0.1, 0.15) is 28.8 Å². The van der Waals surface area contributed by atoms with E-state index in [4.69, 9.17) is 10.5 Å². The minimum atomic E-state index is -0.405. The van der Waals surface area contributed by atoms with Gasteiger partial charge in [0.1, 0.15) is 5.69 Å². The third kappa shape index (κ3) is 2.58. The van der Waals surface area contributed by atoms with Gasteiger partial charge in [0.2, 0.25) is 0 Å². The molecule has 0 unspecified atom stereocenters. The maximum Gasteiger partial charge on any atom is 0.354 e. The van der Waals surface area contributed by atoms with E-state index in [0.717, 1.165) is 22.4 Å². The fourth-order valence-electron chi connectivity index (χ4n) is 2.12. The van der Waals surface area contributed by atoms with Crippen molar-refractivity contribution in [1.29, 1.82) is 0 Å². The molecule has 108 valence electrons. The molecule has 0 aromatic carbocycles. The molecule has 2 heterocycles. The molecule has 0 aliphatic rings. The zero-order valence-corrected chi connectivity index (χ0v) is 13.3. The van der Waals surface area contributed by atoms with Gasteiger partial charge in [-0.3, -0.25) is 4.68 Å². The maximum absolute atomic E-state index is 11.7. The molecule has 0 aliphatic carbocycles. The first kappa shape index (κ1) is 14.6. The van der Waals surface area contributed by atoms with Gasteiger partial charge in [-0.25, -0.2) is 4.79 Å². The van der Waals surface area contributed by atoms with Gasteiger partial charge in [-0.2, -0.15) is 5.10 Å². The fraction of sp³-hybridized carbons (Fsp3) is 0.385. The van der Waals surface area contributed by atoms with Gasteiger partial charge < -0.3 is 15.0 Å². The number of hydrogen-bond acceptors (Lipinski definition) is 4. The number of carbonyl (C=O) groups is 1. The summed E-state index contributed by atoms with van der Waals surface area (Å²) in [4.78, 5) is 11.7. The highest BCUT2D eigenvalue weighted by Gasteiger charge is 2.17. The van der Waals surface area contributed by atoms with E-state index < -0.39 is 5.97 Å². The predicted octanol–water partition coefficient (Wildman–Crippen LogP) is 2.19. The number of anilines is 1. The molecule has 0 saturated heterocycles. The highest BCUT2D eigenvalue weighted by atomic mass is 79.9. The summed E-state index contributed by atoms with van der Waals surface area (Å²) >= 11 is 3.54. The quantitative estimate of drug-likeness (QED) is 0.865. The average Bonchev–Trinajstić information content (AvgIpc) is 2.92. The monoisotopic (exact) mass is 340 g/mol. The number of rotatable bonds is 4. The van der Waals surface area contributed by atoms with Crippen molar-refractivity contribution in [2.45, 2.75) is 26.9 Å². The smallest absolute Gasteiger partial charge is 0.354 e. The van der Waals surface area contributed by atoms with Crippen LogP contribution in [0, 0.1) is 6.92 Å². The van der Waals surface area contributed by atoms with Gasteiger partial charge in [-0.1, -0.05) is 0 Å². The predicted molar refractivity (Wildman–Crippen MR) is 79.6 cm³/mol. The first-order valence-electron chi connectivity index (χ1n) is 6.23. The van der Waals surface area contributed by atoms with Crippen LogP contribution in [0.4, 0.5) is 5.69 Å². The number of halogens is 1. The molecule has 0 atom stereocenters. The van der Waals surface area contributed by atoms with E-state index in [1.165, 1.54) is 7.11 Å². The number of hydrogen-bond donors (Lipinski definition) is 1. The van der Waals surface area contributed by atoms with E-state index in [1.54, 1.807) is 16.8 Å². The molecule has 7 heteroatoms. The number of carbonyl (C=O) groups excluding carboxylic acids is 1. The Morgan fingerprint density at radius 2 is 2.25 bits per heavy atom. The number of methoxy groups -OCH3 is 1. The fourth-order valence-corrected chi connectivity index (χ4v) is 2.53. The van der Waals surface area contributed by atoms with Crippen LogP contribution in [-0.4, -0.2) is 27.4 Å². The Labute approximate surface area is 125 Å². The zero-order chi connectivity index (χ0) is 14.9. The lowest BCUT2D eigenvalue weighted by molar-refractivity contribution is 0.0589. The second-order valence-corrected chi connectivity index (χ2v) is 5.23. The number of aromatic nitrogens is 3. The van der Waals surface area contributed by atoms with Crippen LogP contribution in [0.2, 0.25) is 0 Å². The Morgan fingerprint density at radius 1 is 1.55 bits per heavy atom. The van der Waals surface area contributed by atoms with E-state index >= 15 is 0 Å². The van der Waals surface area contributed by atoms with Crippen molar-refractivity contribution in [1.82, 2.24) is 14.3 Å². The largest absolute Gasteiger partial charge is 0.464 e. The SMILES string of the molecule is CCn1nc(C)c(Br)c1Cn1cc(N)cc1C(=O)OC. The molecule has 0 amide bonds. The van der Waals surface area contributed by atoms with Crippen molar-refractivity contribution in [3.63, 3.8) is 0 Å². The van der Waals surface area contributed by atoms with Crippen molar-refractivity contribution < 1.29 is 9.53 Å². The summed E-state index contributed by atoms with van der Waals surface area (Å²) in [5.74, 6) is -0.405. The molecule has 20 heavy (non-hydrogen) atoms. The van der Waals surface area contributed by atoms with E-state index in [-0.39, 0.29) is 0 Å². The molecule has 2 rings (SSSR count). The van der Waals surface area contributed by atoms with E-state index in [0.29, 0.717) is 17.9 Å². The lowest BCUT2D eigenvalue weighted by atomic mass is 10.3. The first-order valence-corrected chi connectivity index (χ1v) is 7.03. The van der Waals surface area contributed by atoms with Crippen LogP contribution in [0.25, 0.3) is 0 Å². The van der Waals surface area contributed by atoms with E-state index in [1.807, 2.05) is 18.5 Å². The summed E-state index contributed by atoms with van der Waals surface area (Å²) in [5.41, 5.74) is 8.64. The Balaban J connectivity index is 2.42. The Bertz CT molecular complexity index is 645. The van der Waals surface area contributed by atoms with Crippen molar-refractivity contribution >= 4 is 27.6 Å². The average molecular weight is 341 g/mol. The standard InChI is InChI=1S/C13H17BrN4O2/c1-4-18-11(12(14)8(2)16-18)7-17-6-9(15)5-10(17)13(19)20-3/h5-6H,4,7,15H2,1-3H3. The maximum atomic E-state index is 11.7. The Hall–Kier alpha value is -1.76. The molecular formula is C13H17BrN4O2. The lowest BCUT2D eigenvalue weighted by Crippen LogP contribution is -2.13. The highest BCUT2D eigenvalue weighted by Crippen LogP contribution is 2.23. The van der Waals surface area contributed by atoms with Crippen molar-refractivity contribution in [2.24, 2.45) is 0 Å². The van der Waals surface area contributed by atoms with Crippen LogP contribution >= 0.6 is 15.9 Å². The third-order valence-electron chi connectivity index (χ3n) is 3.09. The third-order valence-corrected chi connectivity index (χ3v) is 4.12. The van der Waals surface area contributed by atoms with Gasteiger partial charge >= 0.3 is 5.97 Å². The zero-order valence-electron chi connectivity index (χ0n) is 11.7. The molecule has 0 saturated carbocycles. The highest BCUT2D eigenvalue weighted by molar-refractivity contribution is 9.10. The molecule has 0 fully saturated rings. The summed E-state index contributed by atoms with van der Waals surface area (Å²) in [6, 6.07) is 1.61. The van der Waals surface area contributed by atoms with Crippen LogP contribution in [0.5, 0.6) is 0 Å². The number of esters is 1. The van der Waals surface area contributed by atoms with Crippen LogP contribution in [0.3, 0.4) is 0 Å². The number of ether oxygens (including phenoxy) is 1. The van der Waals surface area contributed by atoms with Gasteiger partial charge in [-0.15, -0.1) is 0 Å². The molecule has 0 radical (unpaired) electrons. The summed E-state index contributed by atoms with van der Waals surface area (Å²) in [6.45, 7) is 5.21. The van der Waals surface area contributed by atoms with Gasteiger partial charge in [0.25, 0.3) is 0 Å². The van der Waals surface area contributed by atoms with Crippen LogP contribution in [-0.2, 0) is 17.8 Å². The summed E-state index contributed by atoms with van der Waals surface area (Å²) in [5, 5.41) is 4.44. The normalized spacial score (nSPS) is 10.8. The molecule has 2 aromatic heterocycles. The molecule has 2 N–H and O–H groups in total. The van der Waals surface area contributed by atoms with Crippen molar-refractivity contribution in [3.05, 3.63) is 33.8 Å². The minimum absolute atomic E-state index is 0.405. The van der Waals surface area contributed by atoms with Gasteiger partial charge in [-0.05, 0) is 35.8 Å². The first-order chi connectivity index (χ1) is 9.47. The topological polar surface area (TPSA) is 75.1 Å².